The first-order chi connectivity index (χ1) is 6.25. The van der Waals surface area contributed by atoms with Gasteiger partial charge in [0.05, 0.1) is 27.3 Å². The molecule has 13 heavy (non-hydrogen) atoms. The maximum atomic E-state index is 5.81. The van der Waals surface area contributed by atoms with Crippen molar-refractivity contribution < 1.29 is 0 Å². The Hall–Kier alpha value is -0.710. The number of aromatic nitrogens is 2. The summed E-state index contributed by atoms with van der Waals surface area (Å²) in [5.74, 6) is 0. The minimum atomic E-state index is 0.627. The summed E-state index contributed by atoms with van der Waals surface area (Å²) in [7, 11) is 0. The number of nitrogens with one attached hydrogen (secondary N) is 1. The van der Waals surface area contributed by atoms with E-state index in [1.165, 1.54) is 11.3 Å². The Balaban J connectivity index is 2.52. The zero-order chi connectivity index (χ0) is 9.26. The molecule has 0 bridgehead atoms. The van der Waals surface area contributed by atoms with Gasteiger partial charge >= 0.3 is 0 Å². The fourth-order valence-corrected chi connectivity index (χ4v) is 2.14. The van der Waals surface area contributed by atoms with Crippen molar-refractivity contribution in [2.45, 2.75) is 0 Å². The zero-order valence-electron chi connectivity index (χ0n) is 6.45. The van der Waals surface area contributed by atoms with Gasteiger partial charge in [-0.3, -0.25) is 4.98 Å². The monoisotopic (exact) mass is 228 g/mol. The van der Waals surface area contributed by atoms with Crippen LogP contribution in [0.1, 0.15) is 0 Å². The molecule has 0 unspecified atom stereocenters. The van der Waals surface area contributed by atoms with Crippen LogP contribution in [0.5, 0.6) is 0 Å². The van der Waals surface area contributed by atoms with Crippen LogP contribution in [-0.4, -0.2) is 9.97 Å². The summed E-state index contributed by atoms with van der Waals surface area (Å²) in [6.45, 7) is 0. The van der Waals surface area contributed by atoms with E-state index in [9.17, 15) is 0 Å². The Labute approximate surface area is 89.2 Å². The highest BCUT2D eigenvalue weighted by Gasteiger charge is 2.00. The first-order valence-electron chi connectivity index (χ1n) is 3.56. The van der Waals surface area contributed by atoms with Crippen LogP contribution < -0.4 is 0 Å². The molecule has 0 fully saturated rings. The third-order valence-electron chi connectivity index (χ3n) is 1.49. The minimum absolute atomic E-state index is 0.627. The topological polar surface area (TPSA) is 28.7 Å². The third-order valence-corrected chi connectivity index (χ3v) is 2.96. The number of halogens is 1. The van der Waals surface area contributed by atoms with Crippen LogP contribution in [0.4, 0.5) is 0 Å². The highest BCUT2D eigenvalue weighted by Crippen LogP contribution is 2.28. The number of hydrogen-bond donors (Lipinski definition) is 1. The molecule has 2 aromatic heterocycles. The van der Waals surface area contributed by atoms with E-state index in [4.69, 9.17) is 23.8 Å². The number of aromatic amines is 1. The lowest BCUT2D eigenvalue weighted by Crippen LogP contribution is -1.81. The molecular formula is C8H5ClN2S2. The second-order valence-electron chi connectivity index (χ2n) is 2.41. The molecule has 5 heteroatoms. The van der Waals surface area contributed by atoms with Crippen LogP contribution in [0.15, 0.2) is 24.5 Å². The van der Waals surface area contributed by atoms with Gasteiger partial charge in [-0.1, -0.05) is 23.8 Å². The lowest BCUT2D eigenvalue weighted by Gasteiger charge is -1.94. The molecule has 66 valence electrons. The van der Waals surface area contributed by atoms with Crippen LogP contribution in [0, 0.1) is 4.64 Å². The molecule has 0 spiro atoms. The smallest absolute Gasteiger partial charge is 0.122 e. The highest BCUT2D eigenvalue weighted by atomic mass is 35.5. The Kier molecular flexibility index (Phi) is 2.44. The Morgan fingerprint density at radius 2 is 2.23 bits per heavy atom. The molecule has 0 radical (unpaired) electrons. The van der Waals surface area contributed by atoms with Crippen molar-refractivity contribution in [1.82, 2.24) is 9.97 Å². The van der Waals surface area contributed by atoms with Crippen molar-refractivity contribution in [3.8, 4) is 10.6 Å². The number of H-pyrrole nitrogens is 1. The summed E-state index contributed by atoms with van der Waals surface area (Å²) in [6, 6.07) is 3.79. The summed E-state index contributed by atoms with van der Waals surface area (Å²) in [5, 5.41) is 0. The Morgan fingerprint density at radius 3 is 2.85 bits per heavy atom. The SMILES string of the molecule is S=c1cncc(-c2ccc(Cl)s2)[nH]1. The van der Waals surface area contributed by atoms with Gasteiger partial charge in [0.25, 0.3) is 0 Å². The van der Waals surface area contributed by atoms with Crippen molar-refractivity contribution in [3.63, 3.8) is 0 Å². The normalized spacial score (nSPS) is 10.2. The number of hydrogen-bond acceptors (Lipinski definition) is 3. The van der Waals surface area contributed by atoms with Gasteiger partial charge in [-0.05, 0) is 12.1 Å². The first kappa shape index (κ1) is 8.87. The van der Waals surface area contributed by atoms with Crippen molar-refractivity contribution >= 4 is 35.2 Å². The van der Waals surface area contributed by atoms with E-state index in [1.807, 2.05) is 12.1 Å². The molecule has 0 amide bonds. The molecule has 0 atom stereocenters. The average molecular weight is 229 g/mol. The van der Waals surface area contributed by atoms with Crippen LogP contribution in [0.3, 0.4) is 0 Å². The number of nitrogens with zero attached hydrogens (tertiary/aromatic N) is 1. The maximum absolute atomic E-state index is 5.81. The van der Waals surface area contributed by atoms with Gasteiger partial charge in [-0.15, -0.1) is 11.3 Å². The molecule has 2 aromatic rings. The van der Waals surface area contributed by atoms with Gasteiger partial charge in [0.1, 0.15) is 4.64 Å². The molecule has 1 N–H and O–H groups in total. The standard InChI is InChI=1S/C8H5ClN2S2/c9-7-2-1-6(13-7)5-3-10-4-8(12)11-5/h1-4H,(H,11,12). The molecule has 0 aliphatic carbocycles. The van der Waals surface area contributed by atoms with E-state index < -0.39 is 0 Å². The second-order valence-corrected chi connectivity index (χ2v) is 4.57. The number of rotatable bonds is 1. The van der Waals surface area contributed by atoms with Gasteiger partial charge < -0.3 is 4.98 Å². The lowest BCUT2D eigenvalue weighted by atomic mass is 10.4. The predicted octanol–water partition coefficient (Wildman–Crippen LogP) is 3.52. The quantitative estimate of drug-likeness (QED) is 0.757. The van der Waals surface area contributed by atoms with Gasteiger partial charge in [-0.2, -0.15) is 0 Å². The largest absolute Gasteiger partial charge is 0.343 e. The fourth-order valence-electron chi connectivity index (χ4n) is 0.961. The summed E-state index contributed by atoms with van der Waals surface area (Å²) < 4.78 is 1.39. The van der Waals surface area contributed by atoms with E-state index in [0.717, 1.165) is 14.9 Å². The van der Waals surface area contributed by atoms with Gasteiger partial charge in [-0.25, -0.2) is 0 Å². The summed E-state index contributed by atoms with van der Waals surface area (Å²) in [6.07, 6.45) is 3.34. The Morgan fingerprint density at radius 1 is 1.38 bits per heavy atom. The van der Waals surface area contributed by atoms with E-state index >= 15 is 0 Å². The summed E-state index contributed by atoms with van der Waals surface area (Å²) >= 11 is 12.3. The molecule has 0 saturated heterocycles. The second kappa shape index (κ2) is 3.57. The molecule has 2 heterocycles. The minimum Gasteiger partial charge on any atom is -0.343 e. The summed E-state index contributed by atoms with van der Waals surface area (Å²) in [4.78, 5) is 8.08. The molecule has 0 saturated carbocycles. The average Bonchev–Trinajstić information content (AvgIpc) is 2.52. The molecule has 0 aromatic carbocycles. The van der Waals surface area contributed by atoms with E-state index in [2.05, 4.69) is 9.97 Å². The van der Waals surface area contributed by atoms with Crippen LogP contribution in [0.2, 0.25) is 4.34 Å². The van der Waals surface area contributed by atoms with Gasteiger partial charge in [0.2, 0.25) is 0 Å². The fraction of sp³-hybridized carbons (Fsp3) is 0. The van der Waals surface area contributed by atoms with Gasteiger partial charge in [0.15, 0.2) is 0 Å². The molecule has 2 nitrogen and oxygen atoms in total. The first-order valence-corrected chi connectivity index (χ1v) is 5.16. The Bertz CT molecular complexity index is 475. The van der Waals surface area contributed by atoms with E-state index in [0.29, 0.717) is 4.64 Å². The van der Waals surface area contributed by atoms with Crippen molar-refractivity contribution in [1.29, 1.82) is 0 Å². The molecule has 2 rings (SSSR count). The van der Waals surface area contributed by atoms with E-state index in [1.54, 1.807) is 12.4 Å². The maximum Gasteiger partial charge on any atom is 0.122 e. The molecule has 0 aliphatic heterocycles. The zero-order valence-corrected chi connectivity index (χ0v) is 8.84. The van der Waals surface area contributed by atoms with Crippen molar-refractivity contribution in [3.05, 3.63) is 33.5 Å². The lowest BCUT2D eigenvalue weighted by molar-refractivity contribution is 1.19. The molecule has 0 aliphatic rings. The van der Waals surface area contributed by atoms with Crippen LogP contribution >= 0.6 is 35.2 Å². The van der Waals surface area contributed by atoms with Crippen LogP contribution in [0.25, 0.3) is 10.6 Å². The molecular weight excluding hydrogens is 224 g/mol. The van der Waals surface area contributed by atoms with Gasteiger partial charge in [0, 0.05) is 0 Å². The predicted molar refractivity (Wildman–Crippen MR) is 57.7 cm³/mol. The van der Waals surface area contributed by atoms with Crippen LogP contribution in [-0.2, 0) is 0 Å². The summed E-state index contributed by atoms with van der Waals surface area (Å²) in [5.41, 5.74) is 0.907. The van der Waals surface area contributed by atoms with Crippen molar-refractivity contribution in [2.24, 2.45) is 0 Å². The number of thiophene rings is 1. The van der Waals surface area contributed by atoms with Crippen molar-refractivity contribution in [2.75, 3.05) is 0 Å². The van der Waals surface area contributed by atoms with E-state index in [-0.39, 0.29) is 0 Å². The highest BCUT2D eigenvalue weighted by molar-refractivity contribution is 7.71. The third kappa shape index (κ3) is 1.96.